The Hall–Kier alpha value is -3.32. The number of nitrogens with zero attached hydrogens (tertiary/aromatic N) is 2. The Kier molecular flexibility index (Phi) is 3.85. The molecule has 0 radical (unpaired) electrons. The minimum Gasteiger partial charge on any atom is -0.494 e. The number of para-hydroxylation sites is 2. The van der Waals surface area contributed by atoms with Crippen molar-refractivity contribution >= 4 is 35.8 Å². The molecule has 128 valence electrons. The number of nitrogens with one attached hydrogen (secondary N) is 1. The lowest BCUT2D eigenvalue weighted by atomic mass is 10.1. The first-order chi connectivity index (χ1) is 12.6. The van der Waals surface area contributed by atoms with Crippen molar-refractivity contribution in [2.24, 2.45) is 4.99 Å². The summed E-state index contributed by atoms with van der Waals surface area (Å²) in [5.41, 5.74) is 1.73. The van der Waals surface area contributed by atoms with Gasteiger partial charge in [0.15, 0.2) is 4.77 Å². The first kappa shape index (κ1) is 16.2. The highest BCUT2D eigenvalue weighted by atomic mass is 32.1. The molecular formula is C19H12FN3O2S. The van der Waals surface area contributed by atoms with E-state index >= 15 is 0 Å². The van der Waals surface area contributed by atoms with E-state index in [4.69, 9.17) is 12.2 Å². The van der Waals surface area contributed by atoms with Crippen molar-refractivity contribution in [3.63, 3.8) is 0 Å². The minimum absolute atomic E-state index is 0.0278. The van der Waals surface area contributed by atoms with Crippen LogP contribution in [0.3, 0.4) is 0 Å². The highest BCUT2D eigenvalue weighted by molar-refractivity contribution is 7.71. The third-order valence-electron chi connectivity index (χ3n) is 4.07. The second kappa shape index (κ2) is 6.20. The van der Waals surface area contributed by atoms with Crippen LogP contribution in [-0.2, 0) is 0 Å². The average molecular weight is 365 g/mol. The standard InChI is InChI=1S/C19H12FN3O2S/c20-14-6-2-4-8-16(14)23-18(25)13(17(24)22-19(23)26)9-11-10-21-15-7-3-1-5-12(11)15/h1-10,25H,(H,22,24,26)/b11-9+. The maximum absolute atomic E-state index is 14.2. The maximum atomic E-state index is 14.2. The highest BCUT2D eigenvalue weighted by Gasteiger charge is 2.17. The molecule has 0 fully saturated rings. The van der Waals surface area contributed by atoms with Gasteiger partial charge in [-0.15, -0.1) is 0 Å². The van der Waals surface area contributed by atoms with E-state index in [1.807, 2.05) is 24.3 Å². The number of aromatic amines is 1. The van der Waals surface area contributed by atoms with Crippen molar-refractivity contribution in [1.82, 2.24) is 9.55 Å². The number of benzene rings is 2. The zero-order valence-electron chi connectivity index (χ0n) is 13.3. The number of H-pyrrole nitrogens is 1. The fourth-order valence-corrected chi connectivity index (χ4v) is 3.11. The molecule has 0 aliphatic carbocycles. The fourth-order valence-electron chi connectivity index (χ4n) is 2.83. The Morgan fingerprint density at radius 2 is 1.88 bits per heavy atom. The van der Waals surface area contributed by atoms with Gasteiger partial charge in [0.25, 0.3) is 5.56 Å². The van der Waals surface area contributed by atoms with Crippen LogP contribution in [0.2, 0.25) is 0 Å². The molecule has 2 heterocycles. The topological polar surface area (TPSA) is 70.4 Å². The average Bonchev–Trinajstić information content (AvgIpc) is 3.03. The molecule has 2 N–H and O–H groups in total. The van der Waals surface area contributed by atoms with Crippen LogP contribution in [0.1, 0.15) is 11.1 Å². The van der Waals surface area contributed by atoms with Gasteiger partial charge in [-0.05, 0) is 36.5 Å². The molecule has 3 aromatic rings. The Morgan fingerprint density at radius 1 is 1.15 bits per heavy atom. The Labute approximate surface area is 152 Å². The van der Waals surface area contributed by atoms with Crippen LogP contribution in [0, 0.1) is 10.6 Å². The largest absolute Gasteiger partial charge is 0.494 e. The predicted octanol–water partition coefficient (Wildman–Crippen LogP) is 4.00. The van der Waals surface area contributed by atoms with Crippen LogP contribution in [0.5, 0.6) is 5.88 Å². The summed E-state index contributed by atoms with van der Waals surface area (Å²) in [6.07, 6.45) is 3.12. The van der Waals surface area contributed by atoms with Crippen LogP contribution in [0.15, 0.2) is 58.3 Å². The van der Waals surface area contributed by atoms with Crippen LogP contribution >= 0.6 is 12.2 Å². The van der Waals surface area contributed by atoms with E-state index in [2.05, 4.69) is 9.98 Å². The summed E-state index contributed by atoms with van der Waals surface area (Å²) in [5.74, 6) is -1.01. The van der Waals surface area contributed by atoms with Crippen LogP contribution < -0.4 is 5.56 Å². The second-order valence-corrected chi connectivity index (χ2v) is 6.05. The number of aromatic nitrogens is 2. The first-order valence-electron chi connectivity index (χ1n) is 7.74. The van der Waals surface area contributed by atoms with Gasteiger partial charge in [0.2, 0.25) is 5.88 Å². The van der Waals surface area contributed by atoms with Crippen molar-refractivity contribution in [1.29, 1.82) is 0 Å². The van der Waals surface area contributed by atoms with E-state index in [9.17, 15) is 14.3 Å². The lowest BCUT2D eigenvalue weighted by Crippen LogP contribution is -2.16. The number of rotatable bonds is 2. The van der Waals surface area contributed by atoms with Crippen molar-refractivity contribution in [2.75, 3.05) is 0 Å². The molecule has 0 saturated carbocycles. The number of aliphatic imine (C=N–C) groups is 1. The van der Waals surface area contributed by atoms with Crippen LogP contribution in [-0.4, -0.2) is 20.9 Å². The zero-order chi connectivity index (χ0) is 18.3. The zero-order valence-corrected chi connectivity index (χ0v) is 14.1. The molecule has 5 nitrogen and oxygen atoms in total. The van der Waals surface area contributed by atoms with E-state index < -0.39 is 17.3 Å². The van der Waals surface area contributed by atoms with Gasteiger partial charge in [-0.25, -0.2) is 4.39 Å². The molecule has 0 atom stereocenters. The molecule has 1 aliphatic rings. The second-order valence-electron chi connectivity index (χ2n) is 5.66. The van der Waals surface area contributed by atoms with E-state index in [-0.39, 0.29) is 16.0 Å². The normalized spacial score (nSPS) is 14.0. The smallest absolute Gasteiger partial charge is 0.262 e. The molecule has 0 saturated heterocycles. The lowest BCUT2D eigenvalue weighted by molar-refractivity contribution is 0.429. The predicted molar refractivity (Wildman–Crippen MR) is 101 cm³/mol. The number of allylic oxidation sites excluding steroid dienone is 1. The van der Waals surface area contributed by atoms with Crippen molar-refractivity contribution in [3.05, 3.63) is 80.6 Å². The highest BCUT2D eigenvalue weighted by Crippen LogP contribution is 2.33. The van der Waals surface area contributed by atoms with E-state index in [0.29, 0.717) is 5.57 Å². The van der Waals surface area contributed by atoms with Crippen molar-refractivity contribution in [3.8, 4) is 11.6 Å². The third kappa shape index (κ3) is 2.58. The number of halogens is 1. The molecule has 0 unspecified atom stereocenters. The summed E-state index contributed by atoms with van der Waals surface area (Å²) in [6.45, 7) is 0. The van der Waals surface area contributed by atoms with Gasteiger partial charge in [-0.3, -0.25) is 19.3 Å². The quantitative estimate of drug-likeness (QED) is 0.675. The first-order valence-corrected chi connectivity index (χ1v) is 8.15. The summed E-state index contributed by atoms with van der Waals surface area (Å²) < 4.78 is 15.2. The number of hydrogen-bond acceptors (Lipinski definition) is 4. The van der Waals surface area contributed by atoms with Gasteiger partial charge >= 0.3 is 0 Å². The minimum atomic E-state index is -0.572. The van der Waals surface area contributed by atoms with Crippen molar-refractivity contribution in [2.45, 2.75) is 0 Å². The molecular weight excluding hydrogens is 353 g/mol. The lowest BCUT2D eigenvalue weighted by Gasteiger charge is -2.12. The SMILES string of the molecule is O=c1[nH]c(=S)n(-c2ccccc2F)c(O)c1/C=C1\C=Nc2ccccc21. The van der Waals surface area contributed by atoms with Gasteiger partial charge in [-0.1, -0.05) is 30.3 Å². The third-order valence-corrected chi connectivity index (χ3v) is 4.36. The Morgan fingerprint density at radius 3 is 2.69 bits per heavy atom. The van der Waals surface area contributed by atoms with Gasteiger partial charge in [-0.2, -0.15) is 0 Å². The molecule has 26 heavy (non-hydrogen) atoms. The van der Waals surface area contributed by atoms with Gasteiger partial charge in [0, 0.05) is 17.4 Å². The van der Waals surface area contributed by atoms with Gasteiger partial charge < -0.3 is 5.11 Å². The molecule has 2 aromatic carbocycles. The molecule has 0 spiro atoms. The maximum Gasteiger partial charge on any atom is 0.262 e. The van der Waals surface area contributed by atoms with Crippen LogP contribution in [0.4, 0.5) is 10.1 Å². The van der Waals surface area contributed by atoms with Gasteiger partial charge in [0.05, 0.1) is 11.4 Å². The summed E-state index contributed by atoms with van der Waals surface area (Å²) >= 11 is 5.11. The van der Waals surface area contributed by atoms with E-state index in [1.165, 1.54) is 24.3 Å². The molecule has 0 amide bonds. The van der Waals surface area contributed by atoms with Crippen LogP contribution in [0.25, 0.3) is 17.3 Å². The summed E-state index contributed by atoms with van der Waals surface area (Å²) in [7, 11) is 0. The summed E-state index contributed by atoms with van der Waals surface area (Å²) in [5, 5.41) is 10.7. The van der Waals surface area contributed by atoms with Gasteiger partial charge in [0.1, 0.15) is 11.4 Å². The van der Waals surface area contributed by atoms with Crippen molar-refractivity contribution < 1.29 is 9.50 Å². The number of hydrogen-bond donors (Lipinski definition) is 2. The van der Waals surface area contributed by atoms with E-state index in [1.54, 1.807) is 12.3 Å². The number of fused-ring (bicyclic) bond motifs is 1. The molecule has 1 aromatic heterocycles. The summed E-state index contributed by atoms with van der Waals surface area (Å²) in [4.78, 5) is 19.1. The summed E-state index contributed by atoms with van der Waals surface area (Å²) in [6, 6.07) is 13.3. The molecule has 7 heteroatoms. The Balaban J connectivity index is 1.95. The molecule has 1 aliphatic heterocycles. The fraction of sp³-hybridized carbons (Fsp3) is 0. The van der Waals surface area contributed by atoms with E-state index in [0.717, 1.165) is 15.8 Å². The molecule has 4 rings (SSSR count). The Bertz CT molecular complexity index is 1210. The monoisotopic (exact) mass is 365 g/mol. The number of aromatic hydroxyl groups is 1. The molecule has 0 bridgehead atoms.